The fourth-order valence-corrected chi connectivity index (χ4v) is 0.552. The predicted octanol–water partition coefficient (Wildman–Crippen LogP) is -2.46. The maximum Gasteiger partial charge on any atom is 1.00 e. The Morgan fingerprint density at radius 3 is 1.33 bits per heavy atom. The van der Waals surface area contributed by atoms with E-state index in [-0.39, 0.29) is 47.9 Å². The third kappa shape index (κ3) is 16.5. The van der Waals surface area contributed by atoms with Gasteiger partial charge in [-0.25, -0.2) is 0 Å². The molecule has 0 radical (unpaired) electrons. The van der Waals surface area contributed by atoms with E-state index in [9.17, 15) is 9.59 Å². The van der Waals surface area contributed by atoms with Gasteiger partial charge in [-0.2, -0.15) is 0 Å². The summed E-state index contributed by atoms with van der Waals surface area (Å²) < 4.78 is 0. The Kier molecular flexibility index (Phi) is 16.2. The average Bonchev–Trinajstić information content (AvgIpc) is 1.79. The van der Waals surface area contributed by atoms with Crippen molar-refractivity contribution in [1.29, 1.82) is 0 Å². The van der Waals surface area contributed by atoms with Gasteiger partial charge in [-0.15, -0.1) is 0 Å². The van der Waals surface area contributed by atoms with Crippen molar-refractivity contribution in [3.8, 4) is 0 Å². The second-order valence-corrected chi connectivity index (χ2v) is 1.99. The van der Waals surface area contributed by atoms with E-state index in [1.54, 1.807) is 0 Å². The normalized spacial score (nSPS) is 7.67. The molecule has 0 aromatic carbocycles. The second kappa shape index (κ2) is 10.9. The van der Waals surface area contributed by atoms with E-state index < -0.39 is 11.9 Å². The third-order valence-corrected chi connectivity index (χ3v) is 1.03. The molecule has 5 nitrogen and oxygen atoms in total. The number of carboxylic acids is 2. The van der Waals surface area contributed by atoms with Gasteiger partial charge in [0, 0.05) is 12.8 Å². The molecular formula is C6H11NaO5. The molecule has 12 heavy (non-hydrogen) atoms. The number of carbonyl (C=O) groups is 2. The van der Waals surface area contributed by atoms with E-state index >= 15 is 0 Å². The summed E-state index contributed by atoms with van der Waals surface area (Å²) in [6, 6.07) is 0. The summed E-state index contributed by atoms with van der Waals surface area (Å²) in [6.45, 7) is 0. The van der Waals surface area contributed by atoms with Gasteiger partial charge in [0.25, 0.3) is 0 Å². The molecule has 0 aromatic heterocycles. The van der Waals surface area contributed by atoms with Crippen LogP contribution in [0.5, 0.6) is 0 Å². The average molecular weight is 186 g/mol. The largest absolute Gasteiger partial charge is 1.00 e. The van der Waals surface area contributed by atoms with Crippen LogP contribution in [0, 0.1) is 0 Å². The van der Waals surface area contributed by atoms with Crippen molar-refractivity contribution in [2.75, 3.05) is 0 Å². The van der Waals surface area contributed by atoms with E-state index in [1.807, 2.05) is 0 Å². The summed E-state index contributed by atoms with van der Waals surface area (Å²) in [6.07, 6.45) is 1.02. The molecular weight excluding hydrogens is 175 g/mol. The number of hydrogen-bond acceptors (Lipinski definition) is 3. The molecule has 0 atom stereocenters. The van der Waals surface area contributed by atoms with Gasteiger partial charge in [-0.1, -0.05) is 0 Å². The van der Waals surface area contributed by atoms with Crippen LogP contribution in [0.15, 0.2) is 0 Å². The monoisotopic (exact) mass is 186 g/mol. The van der Waals surface area contributed by atoms with Crippen LogP contribution in [0.4, 0.5) is 0 Å². The summed E-state index contributed by atoms with van der Waals surface area (Å²) in [5.74, 6) is -1.74. The van der Waals surface area contributed by atoms with Gasteiger partial charge < -0.3 is 15.7 Å². The topological polar surface area (TPSA) is 105 Å². The van der Waals surface area contributed by atoms with Crippen molar-refractivity contribution in [2.45, 2.75) is 25.7 Å². The number of rotatable bonds is 5. The first-order valence-electron chi connectivity index (χ1n) is 3.06. The van der Waals surface area contributed by atoms with Crippen LogP contribution in [0.3, 0.4) is 0 Å². The van der Waals surface area contributed by atoms with Crippen LogP contribution in [0.1, 0.15) is 25.7 Å². The Bertz CT molecular complexity index is 120. The zero-order chi connectivity index (χ0) is 7.98. The van der Waals surface area contributed by atoms with Crippen LogP contribution in [0.2, 0.25) is 0 Å². The molecule has 0 aliphatic rings. The maximum atomic E-state index is 9.90. The van der Waals surface area contributed by atoms with Crippen molar-refractivity contribution in [3.63, 3.8) is 0 Å². The molecule has 0 aliphatic heterocycles. The number of carboxylic acid groups (broad SMARTS) is 2. The van der Waals surface area contributed by atoms with Crippen LogP contribution in [0.25, 0.3) is 0 Å². The van der Waals surface area contributed by atoms with E-state index in [0.717, 1.165) is 0 Å². The van der Waals surface area contributed by atoms with Crippen LogP contribution in [-0.2, 0) is 9.59 Å². The van der Waals surface area contributed by atoms with Crippen molar-refractivity contribution in [1.82, 2.24) is 0 Å². The summed E-state index contributed by atoms with van der Waals surface area (Å²) >= 11 is 0. The molecule has 3 N–H and O–H groups in total. The number of hydrogen-bond donors (Lipinski definition) is 2. The van der Waals surface area contributed by atoms with Crippen molar-refractivity contribution in [3.05, 3.63) is 0 Å². The first-order chi connectivity index (χ1) is 4.63. The van der Waals surface area contributed by atoms with E-state index in [4.69, 9.17) is 10.2 Å². The fourth-order valence-electron chi connectivity index (χ4n) is 0.552. The van der Waals surface area contributed by atoms with E-state index in [1.165, 1.54) is 0 Å². The van der Waals surface area contributed by atoms with Crippen molar-refractivity contribution in [2.24, 2.45) is 0 Å². The fraction of sp³-hybridized carbons (Fsp3) is 0.667. The molecule has 6 heteroatoms. The molecule has 0 aromatic rings. The number of unbranched alkanes of at least 4 members (excludes halogenated alkanes) is 1. The van der Waals surface area contributed by atoms with Gasteiger partial charge in [0.2, 0.25) is 0 Å². The smallest absolute Gasteiger partial charge is 0.870 e. The molecule has 66 valence electrons. The summed E-state index contributed by atoms with van der Waals surface area (Å²) in [5, 5.41) is 16.3. The minimum absolute atomic E-state index is 0. The van der Waals surface area contributed by atoms with Gasteiger partial charge in [0.15, 0.2) is 0 Å². The minimum atomic E-state index is -0.870. The molecule has 0 amide bonds. The first kappa shape index (κ1) is 17.8. The first-order valence-corrected chi connectivity index (χ1v) is 3.06. The zero-order valence-electron chi connectivity index (χ0n) is 6.99. The van der Waals surface area contributed by atoms with E-state index in [0.29, 0.717) is 12.8 Å². The second-order valence-electron chi connectivity index (χ2n) is 1.99. The Morgan fingerprint density at radius 1 is 0.917 bits per heavy atom. The number of aliphatic carboxylic acids is 2. The quantitative estimate of drug-likeness (QED) is 0.366. The molecule has 0 unspecified atom stereocenters. The summed E-state index contributed by atoms with van der Waals surface area (Å²) in [7, 11) is 0. The third-order valence-electron chi connectivity index (χ3n) is 1.03. The molecule has 0 fully saturated rings. The van der Waals surface area contributed by atoms with Gasteiger partial charge in [0.1, 0.15) is 0 Å². The van der Waals surface area contributed by atoms with Crippen LogP contribution >= 0.6 is 0 Å². The Labute approximate surface area is 92.4 Å². The van der Waals surface area contributed by atoms with Crippen LogP contribution < -0.4 is 29.6 Å². The standard InChI is InChI=1S/C6H10O4.Na.H2O/c7-5(8)3-1-2-4-6(9)10;;/h1-4H2,(H,7,8)(H,9,10);;1H2/q;+1;/p-1. The SMILES string of the molecule is O=C(O)CCCCC(=O)O.[Na+].[OH-]. The molecule has 0 heterocycles. The van der Waals surface area contributed by atoms with Gasteiger partial charge in [-0.3, -0.25) is 9.59 Å². The Balaban J connectivity index is -0.000000405. The van der Waals surface area contributed by atoms with E-state index in [2.05, 4.69) is 0 Å². The summed E-state index contributed by atoms with van der Waals surface area (Å²) in [5.41, 5.74) is 0. The van der Waals surface area contributed by atoms with Gasteiger partial charge >= 0.3 is 41.5 Å². The Morgan fingerprint density at radius 2 is 1.17 bits per heavy atom. The van der Waals surface area contributed by atoms with Crippen molar-refractivity contribution >= 4 is 11.9 Å². The molecule has 0 aliphatic carbocycles. The zero-order valence-corrected chi connectivity index (χ0v) is 8.99. The molecule has 0 rings (SSSR count). The summed E-state index contributed by atoms with van der Waals surface area (Å²) in [4.78, 5) is 19.8. The molecule has 0 spiro atoms. The molecule has 0 saturated heterocycles. The minimum Gasteiger partial charge on any atom is -0.870 e. The van der Waals surface area contributed by atoms with Gasteiger partial charge in [-0.05, 0) is 12.8 Å². The Hall–Kier alpha value is -0.100. The maximum absolute atomic E-state index is 9.90. The molecule has 0 saturated carbocycles. The van der Waals surface area contributed by atoms with Crippen molar-refractivity contribution < 1.29 is 54.8 Å². The van der Waals surface area contributed by atoms with Crippen LogP contribution in [-0.4, -0.2) is 27.6 Å². The molecule has 0 bridgehead atoms. The van der Waals surface area contributed by atoms with Gasteiger partial charge in [0.05, 0.1) is 0 Å². The predicted molar refractivity (Wildman–Crippen MR) is 35.7 cm³/mol.